The summed E-state index contributed by atoms with van der Waals surface area (Å²) in [6, 6.07) is 8.00. The molecule has 0 saturated heterocycles. The molecule has 1 aromatic carbocycles. The summed E-state index contributed by atoms with van der Waals surface area (Å²) in [5.41, 5.74) is 10.1. The van der Waals surface area contributed by atoms with Crippen molar-refractivity contribution in [1.29, 1.82) is 0 Å². The van der Waals surface area contributed by atoms with Gasteiger partial charge in [-0.1, -0.05) is 12.1 Å². The third-order valence-electron chi connectivity index (χ3n) is 3.19. The van der Waals surface area contributed by atoms with Gasteiger partial charge in [0.15, 0.2) is 0 Å². The van der Waals surface area contributed by atoms with Crippen LogP contribution in [-0.4, -0.2) is 10.9 Å². The molecule has 1 atom stereocenters. The average Bonchev–Trinajstić information content (AvgIpc) is 2.74. The molecule has 1 aliphatic heterocycles. The van der Waals surface area contributed by atoms with Crippen LogP contribution in [0.2, 0.25) is 0 Å². The molecule has 3 N–H and O–H groups in total. The lowest BCUT2D eigenvalue weighted by Gasteiger charge is -2.08. The Kier molecular flexibility index (Phi) is 2.69. The van der Waals surface area contributed by atoms with Crippen molar-refractivity contribution >= 4 is 22.9 Å². The van der Waals surface area contributed by atoms with Crippen molar-refractivity contribution in [2.45, 2.75) is 19.4 Å². The van der Waals surface area contributed by atoms with Gasteiger partial charge in [0.05, 0.1) is 16.7 Å². The fourth-order valence-electron chi connectivity index (χ4n) is 2.18. The van der Waals surface area contributed by atoms with E-state index < -0.39 is 6.10 Å². The molecule has 3 rings (SSSR count). The first-order chi connectivity index (χ1) is 8.65. The molecule has 0 bridgehead atoms. The summed E-state index contributed by atoms with van der Waals surface area (Å²) < 4.78 is 0. The first-order valence-corrected chi connectivity index (χ1v) is 6.75. The highest BCUT2D eigenvalue weighted by atomic mass is 32.1. The number of hydrogen-bond donors (Lipinski definition) is 2. The van der Waals surface area contributed by atoms with Crippen LogP contribution in [0.4, 0.5) is 5.69 Å². The van der Waals surface area contributed by atoms with Crippen molar-refractivity contribution in [3.63, 3.8) is 0 Å². The van der Waals surface area contributed by atoms with Crippen molar-refractivity contribution < 1.29 is 5.11 Å². The van der Waals surface area contributed by atoms with Crippen molar-refractivity contribution in [3.05, 3.63) is 51.2 Å². The first kappa shape index (κ1) is 11.4. The van der Waals surface area contributed by atoms with Gasteiger partial charge in [-0.2, -0.15) is 0 Å². The van der Waals surface area contributed by atoms with Gasteiger partial charge in [-0.05, 0) is 41.1 Å². The topological polar surface area (TPSA) is 58.6 Å². The largest absolute Gasteiger partial charge is 0.389 e. The number of nitrogens with zero attached hydrogens (tertiary/aromatic N) is 1. The Labute approximate surface area is 110 Å². The maximum atomic E-state index is 9.62. The van der Waals surface area contributed by atoms with Gasteiger partial charge in [-0.15, -0.1) is 11.3 Å². The van der Waals surface area contributed by atoms with E-state index in [-0.39, 0.29) is 0 Å². The normalized spacial score (nSPS) is 15.3. The summed E-state index contributed by atoms with van der Waals surface area (Å²) in [5, 5.41) is 11.7. The number of rotatable bonds is 1. The van der Waals surface area contributed by atoms with E-state index in [4.69, 9.17) is 5.73 Å². The SMILES string of the molecule is CC(O)c1ccc2c(c1)N=C(N)c1sccc1C2. The van der Waals surface area contributed by atoms with Crippen LogP contribution in [0, 0.1) is 0 Å². The Morgan fingerprint density at radius 1 is 1.33 bits per heavy atom. The molecule has 18 heavy (non-hydrogen) atoms. The molecular formula is C14H14N2OS. The van der Waals surface area contributed by atoms with Crippen LogP contribution in [0.1, 0.15) is 34.6 Å². The molecule has 1 aromatic heterocycles. The fraction of sp³-hybridized carbons (Fsp3) is 0.214. The van der Waals surface area contributed by atoms with E-state index in [0.717, 1.165) is 28.1 Å². The van der Waals surface area contributed by atoms with Gasteiger partial charge in [0, 0.05) is 6.42 Å². The van der Waals surface area contributed by atoms with Gasteiger partial charge in [0.25, 0.3) is 0 Å². The smallest absolute Gasteiger partial charge is 0.141 e. The Morgan fingerprint density at radius 3 is 2.94 bits per heavy atom. The lowest BCUT2D eigenvalue weighted by Crippen LogP contribution is -2.11. The number of aliphatic hydroxyl groups excluding tert-OH is 1. The highest BCUT2D eigenvalue weighted by molar-refractivity contribution is 7.12. The minimum atomic E-state index is -0.482. The van der Waals surface area contributed by atoms with Crippen LogP contribution in [0.3, 0.4) is 0 Å². The number of thiophene rings is 1. The maximum Gasteiger partial charge on any atom is 0.141 e. The molecule has 0 saturated carbocycles. The van der Waals surface area contributed by atoms with Gasteiger partial charge in [-0.25, -0.2) is 4.99 Å². The molecule has 4 heteroatoms. The predicted octanol–water partition coefficient (Wildman–Crippen LogP) is 2.74. The van der Waals surface area contributed by atoms with Crippen LogP contribution >= 0.6 is 11.3 Å². The van der Waals surface area contributed by atoms with E-state index in [0.29, 0.717) is 5.84 Å². The zero-order valence-electron chi connectivity index (χ0n) is 10.1. The Balaban J connectivity index is 2.15. The Morgan fingerprint density at radius 2 is 2.17 bits per heavy atom. The highest BCUT2D eigenvalue weighted by Gasteiger charge is 2.16. The van der Waals surface area contributed by atoms with Crippen molar-refractivity contribution in [2.75, 3.05) is 0 Å². The maximum absolute atomic E-state index is 9.62. The van der Waals surface area contributed by atoms with E-state index in [2.05, 4.69) is 11.1 Å². The summed E-state index contributed by atoms with van der Waals surface area (Å²) >= 11 is 1.62. The second kappa shape index (κ2) is 4.23. The third-order valence-corrected chi connectivity index (χ3v) is 4.17. The second-order valence-corrected chi connectivity index (χ2v) is 5.43. The molecule has 0 radical (unpaired) electrons. The molecular weight excluding hydrogens is 244 g/mol. The molecule has 0 amide bonds. The summed E-state index contributed by atoms with van der Waals surface area (Å²) in [5.74, 6) is 0.571. The molecule has 0 fully saturated rings. The lowest BCUT2D eigenvalue weighted by atomic mass is 10.0. The molecule has 92 valence electrons. The number of fused-ring (bicyclic) bond motifs is 2. The average molecular weight is 258 g/mol. The van der Waals surface area contributed by atoms with Gasteiger partial charge < -0.3 is 10.8 Å². The quantitative estimate of drug-likeness (QED) is 0.826. The third kappa shape index (κ3) is 1.83. The molecule has 2 heterocycles. The number of aliphatic imine (C=N–C) groups is 1. The molecule has 1 aliphatic rings. The van der Waals surface area contributed by atoms with E-state index in [1.807, 2.05) is 23.6 Å². The van der Waals surface area contributed by atoms with E-state index in [9.17, 15) is 5.11 Å². The second-order valence-electron chi connectivity index (χ2n) is 4.51. The number of hydrogen-bond acceptors (Lipinski definition) is 4. The summed E-state index contributed by atoms with van der Waals surface area (Å²) in [4.78, 5) is 5.55. The molecule has 0 spiro atoms. The van der Waals surface area contributed by atoms with Crippen LogP contribution < -0.4 is 5.73 Å². The van der Waals surface area contributed by atoms with Crippen molar-refractivity contribution in [3.8, 4) is 0 Å². The van der Waals surface area contributed by atoms with E-state index in [1.54, 1.807) is 18.3 Å². The summed E-state index contributed by atoms with van der Waals surface area (Å²) in [6.45, 7) is 1.75. The van der Waals surface area contributed by atoms with Crippen LogP contribution in [0.25, 0.3) is 0 Å². The summed E-state index contributed by atoms with van der Waals surface area (Å²) in [7, 11) is 0. The highest BCUT2D eigenvalue weighted by Crippen LogP contribution is 2.32. The standard InChI is InChI=1S/C14H14N2OS/c1-8(17)9-2-3-10-6-11-4-5-18-13(11)14(15)16-12(10)7-9/h2-5,7-8,17H,6H2,1H3,(H2,15,16). The molecule has 3 nitrogen and oxygen atoms in total. The summed E-state index contributed by atoms with van der Waals surface area (Å²) in [6.07, 6.45) is 0.363. The Bertz CT molecular complexity index is 628. The molecule has 2 aromatic rings. The van der Waals surface area contributed by atoms with Crippen molar-refractivity contribution in [2.24, 2.45) is 10.7 Å². The van der Waals surface area contributed by atoms with Crippen molar-refractivity contribution in [1.82, 2.24) is 0 Å². The lowest BCUT2D eigenvalue weighted by molar-refractivity contribution is 0.199. The first-order valence-electron chi connectivity index (χ1n) is 5.87. The van der Waals surface area contributed by atoms with Crippen LogP contribution in [0.15, 0.2) is 34.6 Å². The molecule has 1 unspecified atom stereocenters. The zero-order valence-corrected chi connectivity index (χ0v) is 10.9. The minimum Gasteiger partial charge on any atom is -0.389 e. The fourth-order valence-corrected chi connectivity index (χ4v) is 3.01. The number of benzene rings is 1. The van der Waals surface area contributed by atoms with Gasteiger partial charge in [-0.3, -0.25) is 0 Å². The number of aliphatic hydroxyl groups is 1. The minimum absolute atomic E-state index is 0.482. The number of nitrogens with two attached hydrogens (primary N) is 1. The number of amidine groups is 1. The van der Waals surface area contributed by atoms with E-state index >= 15 is 0 Å². The van der Waals surface area contributed by atoms with Gasteiger partial charge in [0.1, 0.15) is 5.84 Å². The van der Waals surface area contributed by atoms with Gasteiger partial charge in [0.2, 0.25) is 0 Å². The van der Waals surface area contributed by atoms with Gasteiger partial charge >= 0.3 is 0 Å². The van der Waals surface area contributed by atoms with Crippen LogP contribution in [0.5, 0.6) is 0 Å². The monoisotopic (exact) mass is 258 g/mol. The Hall–Kier alpha value is -1.65. The van der Waals surface area contributed by atoms with Crippen LogP contribution in [-0.2, 0) is 6.42 Å². The van der Waals surface area contributed by atoms with E-state index in [1.165, 1.54) is 5.56 Å². The molecule has 0 aliphatic carbocycles. The predicted molar refractivity (Wildman–Crippen MR) is 74.6 cm³/mol. The zero-order chi connectivity index (χ0) is 12.7.